The number of benzene rings is 3. The zero-order valence-corrected chi connectivity index (χ0v) is 18.2. The number of methoxy groups -OCH3 is 1. The molecular formula is C23H23ClN4O3. The number of rotatable bonds is 4. The van der Waals surface area contributed by atoms with Crippen molar-refractivity contribution in [1.82, 2.24) is 5.43 Å². The molecule has 0 bridgehead atoms. The first kappa shape index (κ1) is 22.0. The SMILES string of the molecule is COc1ccc(C)cc1NC(=O)NN(C(=O)Nc1ccc(Cl)c(C)c1)c1ccccc1. The molecule has 7 nitrogen and oxygen atoms in total. The number of halogens is 1. The van der Waals surface area contributed by atoms with Crippen LogP contribution in [0.1, 0.15) is 11.1 Å². The predicted octanol–water partition coefficient (Wildman–Crippen LogP) is 5.74. The minimum atomic E-state index is -0.602. The van der Waals surface area contributed by atoms with E-state index in [4.69, 9.17) is 16.3 Å². The first-order valence-electron chi connectivity index (χ1n) is 9.52. The summed E-state index contributed by atoms with van der Waals surface area (Å²) < 4.78 is 5.29. The minimum absolute atomic E-state index is 0.483. The first-order chi connectivity index (χ1) is 14.9. The molecule has 0 fully saturated rings. The Labute approximate surface area is 185 Å². The van der Waals surface area contributed by atoms with Crippen molar-refractivity contribution in [1.29, 1.82) is 0 Å². The molecule has 0 aliphatic rings. The van der Waals surface area contributed by atoms with E-state index in [0.29, 0.717) is 27.8 Å². The molecule has 160 valence electrons. The summed E-state index contributed by atoms with van der Waals surface area (Å²) in [5, 5.41) is 7.22. The van der Waals surface area contributed by atoms with Crippen LogP contribution in [-0.4, -0.2) is 19.2 Å². The predicted molar refractivity (Wildman–Crippen MR) is 124 cm³/mol. The highest BCUT2D eigenvalue weighted by molar-refractivity contribution is 6.31. The van der Waals surface area contributed by atoms with Gasteiger partial charge in [-0.25, -0.2) is 20.0 Å². The molecule has 4 amide bonds. The van der Waals surface area contributed by atoms with E-state index in [9.17, 15) is 9.59 Å². The van der Waals surface area contributed by atoms with Crippen LogP contribution in [0.3, 0.4) is 0 Å². The lowest BCUT2D eigenvalue weighted by Gasteiger charge is -2.24. The molecule has 3 N–H and O–H groups in total. The summed E-state index contributed by atoms with van der Waals surface area (Å²) in [6, 6.07) is 18.2. The molecule has 0 saturated heterocycles. The monoisotopic (exact) mass is 438 g/mol. The van der Waals surface area contributed by atoms with Gasteiger partial charge in [0.15, 0.2) is 0 Å². The van der Waals surface area contributed by atoms with Crippen molar-refractivity contribution in [2.24, 2.45) is 0 Å². The number of nitrogens with zero attached hydrogens (tertiary/aromatic N) is 1. The summed E-state index contributed by atoms with van der Waals surface area (Å²) in [7, 11) is 1.52. The van der Waals surface area contributed by atoms with Gasteiger partial charge in [0.25, 0.3) is 0 Å². The standard InChI is InChI=1S/C23H23ClN4O3/c1-15-9-12-21(31-3)20(13-15)26-22(29)27-28(18-7-5-4-6-8-18)23(30)25-17-10-11-19(24)16(2)14-17/h4-14H,1-3H3,(H,25,30)(H2,26,27,29). The Morgan fingerprint density at radius 2 is 1.68 bits per heavy atom. The smallest absolute Gasteiger partial charge is 0.345 e. The van der Waals surface area contributed by atoms with Crippen molar-refractivity contribution < 1.29 is 14.3 Å². The average molecular weight is 439 g/mol. The molecule has 0 radical (unpaired) electrons. The number of urea groups is 2. The van der Waals surface area contributed by atoms with E-state index in [-0.39, 0.29) is 0 Å². The van der Waals surface area contributed by atoms with Crippen molar-refractivity contribution >= 4 is 40.7 Å². The van der Waals surface area contributed by atoms with Crippen molar-refractivity contribution in [3.63, 3.8) is 0 Å². The van der Waals surface area contributed by atoms with Gasteiger partial charge in [0.1, 0.15) is 5.75 Å². The quantitative estimate of drug-likeness (QED) is 0.454. The van der Waals surface area contributed by atoms with Crippen LogP contribution >= 0.6 is 11.6 Å². The van der Waals surface area contributed by atoms with Gasteiger partial charge in [0.2, 0.25) is 0 Å². The van der Waals surface area contributed by atoms with Gasteiger partial charge in [0.05, 0.1) is 18.5 Å². The molecule has 31 heavy (non-hydrogen) atoms. The normalized spacial score (nSPS) is 10.2. The van der Waals surface area contributed by atoms with Crippen LogP contribution in [0.4, 0.5) is 26.7 Å². The Morgan fingerprint density at radius 3 is 2.35 bits per heavy atom. The molecule has 0 saturated carbocycles. The van der Waals surface area contributed by atoms with Crippen LogP contribution in [0.2, 0.25) is 5.02 Å². The molecular weight excluding hydrogens is 416 g/mol. The van der Waals surface area contributed by atoms with Crippen LogP contribution in [-0.2, 0) is 0 Å². The third kappa shape index (κ3) is 5.67. The second kappa shape index (κ2) is 9.86. The average Bonchev–Trinajstić information content (AvgIpc) is 2.75. The van der Waals surface area contributed by atoms with Gasteiger partial charge in [-0.1, -0.05) is 35.9 Å². The van der Waals surface area contributed by atoms with Crippen LogP contribution in [0, 0.1) is 13.8 Å². The third-order valence-electron chi connectivity index (χ3n) is 4.44. The van der Waals surface area contributed by atoms with Crippen molar-refractivity contribution in [3.05, 3.63) is 82.9 Å². The topological polar surface area (TPSA) is 82.7 Å². The number of nitrogens with one attached hydrogen (secondary N) is 3. The molecule has 0 spiro atoms. The molecule has 3 rings (SSSR count). The van der Waals surface area contributed by atoms with E-state index in [1.807, 2.05) is 26.0 Å². The maximum atomic E-state index is 13.0. The van der Waals surface area contributed by atoms with Crippen molar-refractivity contribution in [2.75, 3.05) is 22.8 Å². The zero-order chi connectivity index (χ0) is 22.4. The number of aryl methyl sites for hydroxylation is 2. The van der Waals surface area contributed by atoms with Crippen LogP contribution in [0.25, 0.3) is 0 Å². The number of para-hydroxylation sites is 1. The fraction of sp³-hybridized carbons (Fsp3) is 0.130. The summed E-state index contributed by atoms with van der Waals surface area (Å²) in [5.74, 6) is 0.508. The van der Waals surface area contributed by atoms with Gasteiger partial charge in [0, 0.05) is 10.7 Å². The van der Waals surface area contributed by atoms with Gasteiger partial charge in [-0.15, -0.1) is 0 Å². The molecule has 8 heteroatoms. The number of hydrogen-bond acceptors (Lipinski definition) is 3. The lowest BCUT2D eigenvalue weighted by atomic mass is 10.2. The number of anilines is 3. The molecule has 0 aromatic heterocycles. The lowest BCUT2D eigenvalue weighted by Crippen LogP contribution is -2.50. The fourth-order valence-electron chi connectivity index (χ4n) is 2.88. The van der Waals surface area contributed by atoms with Crippen molar-refractivity contribution in [3.8, 4) is 5.75 Å². The van der Waals surface area contributed by atoms with E-state index in [0.717, 1.165) is 16.1 Å². The van der Waals surface area contributed by atoms with Crippen LogP contribution in [0.15, 0.2) is 66.7 Å². The molecule has 3 aromatic carbocycles. The largest absolute Gasteiger partial charge is 0.495 e. The Bertz CT molecular complexity index is 1090. The number of ether oxygens (including phenoxy) is 1. The molecule has 0 heterocycles. The Morgan fingerprint density at radius 1 is 0.935 bits per heavy atom. The third-order valence-corrected chi connectivity index (χ3v) is 4.87. The molecule has 0 unspecified atom stereocenters. The lowest BCUT2D eigenvalue weighted by molar-refractivity contribution is 0.243. The van der Waals surface area contributed by atoms with E-state index in [2.05, 4.69) is 16.1 Å². The molecule has 0 atom stereocenters. The number of amides is 4. The molecule has 3 aromatic rings. The van der Waals surface area contributed by atoms with Crippen LogP contribution in [0.5, 0.6) is 5.75 Å². The maximum Gasteiger partial charge on any atom is 0.345 e. The van der Waals surface area contributed by atoms with E-state index >= 15 is 0 Å². The van der Waals surface area contributed by atoms with Gasteiger partial charge >= 0.3 is 12.1 Å². The Kier molecular flexibility index (Phi) is 6.99. The first-order valence-corrected chi connectivity index (χ1v) is 9.90. The van der Waals surface area contributed by atoms with E-state index in [1.165, 1.54) is 7.11 Å². The highest BCUT2D eigenvalue weighted by Gasteiger charge is 2.19. The van der Waals surface area contributed by atoms with Gasteiger partial charge in [-0.05, 0) is 67.4 Å². The summed E-state index contributed by atoms with van der Waals surface area (Å²) in [4.78, 5) is 25.7. The highest BCUT2D eigenvalue weighted by atomic mass is 35.5. The second-order valence-corrected chi connectivity index (χ2v) is 7.24. The second-order valence-electron chi connectivity index (χ2n) is 6.83. The van der Waals surface area contributed by atoms with Gasteiger partial charge < -0.3 is 15.4 Å². The minimum Gasteiger partial charge on any atom is -0.495 e. The maximum absolute atomic E-state index is 13.0. The highest BCUT2D eigenvalue weighted by Crippen LogP contribution is 2.25. The number of carbonyl (C=O) groups is 2. The number of hydrazine groups is 1. The number of hydrogen-bond donors (Lipinski definition) is 3. The van der Waals surface area contributed by atoms with Gasteiger partial charge in [-0.2, -0.15) is 0 Å². The summed E-state index contributed by atoms with van der Waals surface area (Å²) in [6.45, 7) is 3.74. The van der Waals surface area contributed by atoms with E-state index < -0.39 is 12.1 Å². The zero-order valence-electron chi connectivity index (χ0n) is 17.4. The summed E-state index contributed by atoms with van der Waals surface area (Å²) in [5.41, 5.74) is 5.88. The Balaban J connectivity index is 1.81. The summed E-state index contributed by atoms with van der Waals surface area (Å²) >= 11 is 6.06. The van der Waals surface area contributed by atoms with E-state index in [1.54, 1.807) is 54.6 Å². The Hall–Kier alpha value is -3.71. The fourth-order valence-corrected chi connectivity index (χ4v) is 3.00. The number of carbonyl (C=O) groups excluding carboxylic acids is 2. The molecule has 0 aliphatic heterocycles. The van der Waals surface area contributed by atoms with Gasteiger partial charge in [-0.3, -0.25) is 0 Å². The summed E-state index contributed by atoms with van der Waals surface area (Å²) in [6.07, 6.45) is 0. The van der Waals surface area contributed by atoms with Crippen LogP contribution < -0.4 is 25.8 Å². The molecule has 0 aliphatic carbocycles. The van der Waals surface area contributed by atoms with Crippen molar-refractivity contribution in [2.45, 2.75) is 13.8 Å².